The number of thioether (sulfide) groups is 1. The van der Waals surface area contributed by atoms with Crippen LogP contribution in [0, 0.1) is 0 Å². The quantitative estimate of drug-likeness (QED) is 0.566. The van der Waals surface area contributed by atoms with Gasteiger partial charge in [0, 0.05) is 10.0 Å². The number of benzene rings is 1. The van der Waals surface area contributed by atoms with Crippen molar-refractivity contribution in [1.82, 2.24) is 5.32 Å². The molecule has 1 aliphatic rings. The minimum atomic E-state index is -0.240. The fourth-order valence-corrected chi connectivity index (χ4v) is 3.55. The first-order valence-electron chi connectivity index (χ1n) is 4.40. The number of amides is 1. The van der Waals surface area contributed by atoms with Crippen molar-refractivity contribution >= 4 is 72.1 Å². The second kappa shape index (κ2) is 5.09. The minimum Gasteiger partial charge on any atom is -0.506 e. The number of phenols is 1. The summed E-state index contributed by atoms with van der Waals surface area (Å²) in [6.07, 6.45) is 1.60. The molecule has 1 aliphatic heterocycles. The zero-order valence-electron chi connectivity index (χ0n) is 8.16. The van der Waals surface area contributed by atoms with Crippen molar-refractivity contribution in [3.05, 3.63) is 31.5 Å². The highest BCUT2D eigenvalue weighted by molar-refractivity contribution is 9.11. The van der Waals surface area contributed by atoms with Crippen molar-refractivity contribution in [3.8, 4) is 5.75 Å². The van der Waals surface area contributed by atoms with Gasteiger partial charge in [0.25, 0.3) is 5.91 Å². The van der Waals surface area contributed by atoms with E-state index in [4.69, 9.17) is 12.2 Å². The van der Waals surface area contributed by atoms with Gasteiger partial charge in [-0.1, -0.05) is 39.9 Å². The molecule has 0 atom stereocenters. The molecule has 1 aromatic rings. The van der Waals surface area contributed by atoms with Gasteiger partial charge in [0.1, 0.15) is 10.1 Å². The Bertz CT molecular complexity index is 557. The molecule has 0 aliphatic carbocycles. The molecule has 0 saturated carbocycles. The zero-order chi connectivity index (χ0) is 12.6. The van der Waals surface area contributed by atoms with Crippen LogP contribution in [-0.2, 0) is 4.79 Å². The highest BCUT2D eigenvalue weighted by atomic mass is 79.9. The van der Waals surface area contributed by atoms with Crippen LogP contribution < -0.4 is 5.32 Å². The highest BCUT2D eigenvalue weighted by Gasteiger charge is 2.22. The normalized spacial score (nSPS) is 17.6. The van der Waals surface area contributed by atoms with Crippen molar-refractivity contribution in [1.29, 1.82) is 0 Å². The maximum absolute atomic E-state index is 11.5. The molecule has 1 amide bonds. The fourth-order valence-electron chi connectivity index (χ4n) is 1.26. The van der Waals surface area contributed by atoms with E-state index in [1.54, 1.807) is 18.2 Å². The topological polar surface area (TPSA) is 49.3 Å². The summed E-state index contributed by atoms with van der Waals surface area (Å²) in [5.74, 6) is -0.151. The van der Waals surface area contributed by atoms with Gasteiger partial charge in [-0.05, 0) is 34.1 Å². The number of halogens is 2. The van der Waals surface area contributed by atoms with Crippen molar-refractivity contribution in [2.75, 3.05) is 0 Å². The summed E-state index contributed by atoms with van der Waals surface area (Å²) >= 11 is 12.6. The molecule has 88 valence electrons. The Hall–Kier alpha value is -0.370. The van der Waals surface area contributed by atoms with Crippen molar-refractivity contribution in [2.24, 2.45) is 0 Å². The Morgan fingerprint density at radius 1 is 1.41 bits per heavy atom. The number of carbonyl (C=O) groups excluding carboxylic acids is 1. The van der Waals surface area contributed by atoms with Gasteiger partial charge >= 0.3 is 0 Å². The lowest BCUT2D eigenvalue weighted by atomic mass is 10.2. The monoisotopic (exact) mass is 393 g/mol. The molecule has 1 saturated heterocycles. The molecular formula is C10H5Br2NO2S2. The summed E-state index contributed by atoms with van der Waals surface area (Å²) in [6, 6.07) is 3.45. The summed E-state index contributed by atoms with van der Waals surface area (Å²) in [7, 11) is 0. The molecule has 1 fully saturated rings. The first-order chi connectivity index (χ1) is 7.97. The maximum Gasteiger partial charge on any atom is 0.263 e. The van der Waals surface area contributed by atoms with Gasteiger partial charge in [-0.2, -0.15) is 0 Å². The number of thiocarbonyl (C=S) groups is 1. The number of rotatable bonds is 1. The lowest BCUT2D eigenvalue weighted by Crippen LogP contribution is -2.17. The summed E-state index contributed by atoms with van der Waals surface area (Å²) in [5.41, 5.74) is 0.550. The van der Waals surface area contributed by atoms with Gasteiger partial charge < -0.3 is 10.4 Å². The van der Waals surface area contributed by atoms with Gasteiger partial charge in [-0.25, -0.2) is 0 Å². The van der Waals surface area contributed by atoms with Crippen LogP contribution in [0.25, 0.3) is 6.08 Å². The molecule has 1 aromatic carbocycles. The average molecular weight is 395 g/mol. The molecule has 2 rings (SSSR count). The van der Waals surface area contributed by atoms with Gasteiger partial charge in [0.05, 0.1) is 9.38 Å². The minimum absolute atomic E-state index is 0.0897. The molecular weight excluding hydrogens is 390 g/mol. The Morgan fingerprint density at radius 2 is 2.12 bits per heavy atom. The van der Waals surface area contributed by atoms with Crippen LogP contribution in [0.15, 0.2) is 26.0 Å². The molecule has 0 unspecified atom stereocenters. The number of hydrogen-bond acceptors (Lipinski definition) is 4. The number of carbonyl (C=O) groups is 1. The smallest absolute Gasteiger partial charge is 0.263 e. The van der Waals surface area contributed by atoms with Crippen molar-refractivity contribution in [3.63, 3.8) is 0 Å². The van der Waals surface area contributed by atoms with Crippen LogP contribution in [-0.4, -0.2) is 15.3 Å². The fraction of sp³-hybridized carbons (Fsp3) is 0. The molecule has 1 heterocycles. The van der Waals surface area contributed by atoms with E-state index in [-0.39, 0.29) is 11.7 Å². The summed E-state index contributed by atoms with van der Waals surface area (Å²) in [5, 5.41) is 12.4. The van der Waals surface area contributed by atoms with Gasteiger partial charge in [-0.15, -0.1) is 0 Å². The highest BCUT2D eigenvalue weighted by Crippen LogP contribution is 2.35. The molecule has 3 nitrogen and oxygen atoms in total. The molecule has 17 heavy (non-hydrogen) atoms. The predicted octanol–water partition coefficient (Wildman–Crippen LogP) is 3.41. The summed E-state index contributed by atoms with van der Waals surface area (Å²) < 4.78 is 1.79. The average Bonchev–Trinajstić information content (AvgIpc) is 2.53. The van der Waals surface area contributed by atoms with E-state index < -0.39 is 0 Å². The van der Waals surface area contributed by atoms with Gasteiger partial charge in [0.15, 0.2) is 0 Å². The van der Waals surface area contributed by atoms with Crippen LogP contribution in [0.1, 0.15) is 5.56 Å². The third-order valence-electron chi connectivity index (χ3n) is 1.99. The number of nitrogens with one attached hydrogen (secondary N) is 1. The molecule has 0 bridgehead atoms. The Morgan fingerprint density at radius 3 is 2.71 bits per heavy atom. The number of phenolic OH excluding ortho intramolecular Hbond substituents is 1. The maximum atomic E-state index is 11.5. The molecule has 0 aromatic heterocycles. The third kappa shape index (κ3) is 2.90. The standard InChI is InChI=1S/C10H5Br2NO2S2/c11-5-1-4(8(14)6(12)3-5)2-7-9(15)13-10(16)17-7/h1-3,14H,(H,13,15,16). The van der Waals surface area contributed by atoms with E-state index in [0.29, 0.717) is 19.3 Å². The van der Waals surface area contributed by atoms with E-state index in [0.717, 1.165) is 4.47 Å². The SMILES string of the molecule is O=C1NC(=S)SC1=Cc1cc(Br)cc(Br)c1O. The molecule has 0 radical (unpaired) electrons. The molecule has 2 N–H and O–H groups in total. The van der Waals surface area contributed by atoms with Crippen LogP contribution in [0.2, 0.25) is 0 Å². The van der Waals surface area contributed by atoms with Gasteiger partial charge in [-0.3, -0.25) is 4.79 Å². The van der Waals surface area contributed by atoms with E-state index in [2.05, 4.69) is 37.2 Å². The van der Waals surface area contributed by atoms with Crippen LogP contribution in [0.5, 0.6) is 5.75 Å². The zero-order valence-corrected chi connectivity index (χ0v) is 13.0. The van der Waals surface area contributed by atoms with E-state index >= 15 is 0 Å². The largest absolute Gasteiger partial charge is 0.506 e. The van der Waals surface area contributed by atoms with E-state index in [9.17, 15) is 9.90 Å². The number of hydrogen-bond donors (Lipinski definition) is 2. The first-order valence-corrected chi connectivity index (χ1v) is 7.21. The Kier molecular flexibility index (Phi) is 3.92. The third-order valence-corrected chi connectivity index (χ3v) is 4.21. The van der Waals surface area contributed by atoms with Crippen LogP contribution >= 0.6 is 55.8 Å². The Balaban J connectivity index is 2.46. The van der Waals surface area contributed by atoms with Gasteiger partial charge in [0.2, 0.25) is 0 Å². The molecule has 7 heteroatoms. The van der Waals surface area contributed by atoms with Crippen LogP contribution in [0.3, 0.4) is 0 Å². The van der Waals surface area contributed by atoms with Crippen LogP contribution in [0.4, 0.5) is 0 Å². The number of aromatic hydroxyl groups is 1. The first kappa shape index (κ1) is 13.1. The van der Waals surface area contributed by atoms with Crippen molar-refractivity contribution in [2.45, 2.75) is 0 Å². The summed E-state index contributed by atoms with van der Waals surface area (Å²) in [6.45, 7) is 0. The van der Waals surface area contributed by atoms with Crippen molar-refractivity contribution < 1.29 is 9.90 Å². The molecule has 0 spiro atoms. The lowest BCUT2D eigenvalue weighted by Gasteiger charge is -2.03. The summed E-state index contributed by atoms with van der Waals surface area (Å²) in [4.78, 5) is 11.9. The predicted molar refractivity (Wildman–Crippen MR) is 79.8 cm³/mol. The van der Waals surface area contributed by atoms with E-state index in [1.807, 2.05) is 0 Å². The lowest BCUT2D eigenvalue weighted by molar-refractivity contribution is -0.115. The second-order valence-corrected chi connectivity index (χ2v) is 6.67. The second-order valence-electron chi connectivity index (χ2n) is 3.18. The van der Waals surface area contributed by atoms with E-state index in [1.165, 1.54) is 11.8 Å². The Labute approximate surface area is 124 Å².